The Bertz CT molecular complexity index is 2220. The summed E-state index contributed by atoms with van der Waals surface area (Å²) in [5.41, 5.74) is 14.5. The van der Waals surface area contributed by atoms with Gasteiger partial charge in [-0.05, 0) is 77.7 Å². The molecular weight excluding hydrogens is 793 g/mol. The Morgan fingerprint density at radius 1 is 0.694 bits per heavy atom. The molecule has 0 saturated heterocycles. The third kappa shape index (κ3) is 7.86. The summed E-state index contributed by atoms with van der Waals surface area (Å²) >= 11 is 0. The second kappa shape index (κ2) is 14.8. The normalized spacial score (nSPS) is 11.4. The zero-order chi connectivity index (χ0) is 34.2. The molecule has 1 radical (unpaired) electrons. The van der Waals surface area contributed by atoms with Crippen molar-refractivity contribution in [2.75, 3.05) is 0 Å². The van der Waals surface area contributed by atoms with Gasteiger partial charge in [-0.25, -0.2) is 0 Å². The molecule has 0 aliphatic carbocycles. The summed E-state index contributed by atoms with van der Waals surface area (Å²) in [6, 6.07) is 36.4. The SMILES string of the molecule is Cc1cc(C)c(-c2ccc3c(c2)oc2c(-c4cc(C(C)C)ccn4)[c-]ccc23)c(C)c1.Cc1cc[c-]c(-c2ccc([Si](C)(C)C)cn2)c1.[Ir]. The summed E-state index contributed by atoms with van der Waals surface area (Å²) in [6.07, 6.45) is 3.90. The number of nitrogens with zero attached hydrogens (tertiary/aromatic N) is 2. The van der Waals surface area contributed by atoms with Crippen molar-refractivity contribution in [3.8, 4) is 33.6 Å². The van der Waals surface area contributed by atoms with Gasteiger partial charge in [0.25, 0.3) is 0 Å². The van der Waals surface area contributed by atoms with Crippen molar-refractivity contribution >= 4 is 35.2 Å². The number of hydrogen-bond donors (Lipinski definition) is 0. The van der Waals surface area contributed by atoms with E-state index in [1.807, 2.05) is 24.5 Å². The van der Waals surface area contributed by atoms with E-state index in [-0.39, 0.29) is 20.1 Å². The summed E-state index contributed by atoms with van der Waals surface area (Å²) in [5.74, 6) is 0.445. The van der Waals surface area contributed by atoms with E-state index in [2.05, 4.69) is 156 Å². The van der Waals surface area contributed by atoms with E-state index in [1.54, 1.807) is 0 Å². The molecule has 251 valence electrons. The Morgan fingerprint density at radius 3 is 2.08 bits per heavy atom. The van der Waals surface area contributed by atoms with Gasteiger partial charge >= 0.3 is 0 Å². The van der Waals surface area contributed by atoms with Gasteiger partial charge in [0.2, 0.25) is 0 Å². The molecule has 0 fully saturated rings. The number of aryl methyl sites for hydroxylation is 4. The molecule has 0 N–H and O–H groups in total. The largest absolute Gasteiger partial charge is 0.501 e. The molecule has 0 aliphatic rings. The molecule has 0 amide bonds. The molecule has 7 rings (SSSR count). The van der Waals surface area contributed by atoms with Crippen LogP contribution >= 0.6 is 0 Å². The number of benzene rings is 4. The Morgan fingerprint density at radius 2 is 1.43 bits per heavy atom. The Kier molecular flexibility index (Phi) is 10.9. The van der Waals surface area contributed by atoms with Crippen LogP contribution in [0.1, 0.15) is 47.6 Å². The first-order chi connectivity index (χ1) is 22.9. The molecule has 49 heavy (non-hydrogen) atoms. The van der Waals surface area contributed by atoms with Crippen molar-refractivity contribution in [3.05, 3.63) is 137 Å². The zero-order valence-corrected chi connectivity index (χ0v) is 33.3. The second-order valence-electron chi connectivity index (χ2n) is 14.3. The van der Waals surface area contributed by atoms with Crippen molar-refractivity contribution in [2.45, 2.75) is 67.1 Å². The summed E-state index contributed by atoms with van der Waals surface area (Å²) < 4.78 is 6.43. The number of pyridine rings is 2. The molecule has 0 atom stereocenters. The first-order valence-electron chi connectivity index (χ1n) is 16.8. The molecule has 7 aromatic rings. The molecular formula is C44H44IrN2OSi-2. The molecule has 0 saturated carbocycles. The van der Waals surface area contributed by atoms with Crippen LogP contribution in [0.25, 0.3) is 55.6 Å². The van der Waals surface area contributed by atoms with Gasteiger partial charge in [-0.15, -0.1) is 53.6 Å². The van der Waals surface area contributed by atoms with Gasteiger partial charge in [0, 0.05) is 37.9 Å². The Labute approximate surface area is 306 Å². The molecule has 3 heterocycles. The molecule has 3 nitrogen and oxygen atoms in total. The minimum Gasteiger partial charge on any atom is -0.501 e. The molecule has 0 bridgehead atoms. The summed E-state index contributed by atoms with van der Waals surface area (Å²) in [6.45, 7) is 20.0. The summed E-state index contributed by atoms with van der Waals surface area (Å²) in [5, 5.41) is 3.62. The third-order valence-electron chi connectivity index (χ3n) is 8.97. The topological polar surface area (TPSA) is 38.9 Å². The molecule has 0 spiro atoms. The summed E-state index contributed by atoms with van der Waals surface area (Å²) in [7, 11) is -1.24. The molecule has 5 heteroatoms. The van der Waals surface area contributed by atoms with Crippen molar-refractivity contribution in [3.63, 3.8) is 0 Å². The number of hydrogen-bond acceptors (Lipinski definition) is 3. The van der Waals surface area contributed by atoms with Crippen LogP contribution in [-0.2, 0) is 20.1 Å². The van der Waals surface area contributed by atoms with Crippen LogP contribution in [0.15, 0.2) is 102 Å². The van der Waals surface area contributed by atoms with E-state index in [4.69, 9.17) is 4.42 Å². The molecule has 0 aliphatic heterocycles. The van der Waals surface area contributed by atoms with Gasteiger partial charge in [-0.2, -0.15) is 0 Å². The molecule has 0 unspecified atom stereocenters. The first-order valence-corrected chi connectivity index (χ1v) is 20.3. The maximum atomic E-state index is 6.43. The van der Waals surface area contributed by atoms with Crippen LogP contribution < -0.4 is 5.19 Å². The Hall–Kier alpha value is -4.15. The average Bonchev–Trinajstić information content (AvgIpc) is 3.42. The quantitative estimate of drug-likeness (QED) is 0.128. The van der Waals surface area contributed by atoms with Crippen molar-refractivity contribution < 1.29 is 24.5 Å². The van der Waals surface area contributed by atoms with Gasteiger partial charge in [0.1, 0.15) is 5.58 Å². The van der Waals surface area contributed by atoms with Crippen LogP contribution in [0.2, 0.25) is 19.6 Å². The monoisotopic (exact) mass is 837 g/mol. The maximum absolute atomic E-state index is 6.43. The van der Waals surface area contributed by atoms with Crippen LogP contribution in [0.5, 0.6) is 0 Å². The molecule has 4 aromatic carbocycles. The number of furan rings is 1. The fourth-order valence-electron chi connectivity index (χ4n) is 6.39. The number of fused-ring (bicyclic) bond motifs is 3. The third-order valence-corrected chi connectivity index (χ3v) is 11.0. The predicted molar refractivity (Wildman–Crippen MR) is 206 cm³/mol. The fourth-order valence-corrected chi connectivity index (χ4v) is 7.43. The van der Waals surface area contributed by atoms with E-state index in [1.165, 1.54) is 44.1 Å². The fraction of sp³-hybridized carbons (Fsp3) is 0.227. The van der Waals surface area contributed by atoms with E-state index < -0.39 is 8.07 Å². The van der Waals surface area contributed by atoms with Crippen molar-refractivity contribution in [1.29, 1.82) is 0 Å². The Balaban J connectivity index is 0.000000221. The van der Waals surface area contributed by atoms with Gasteiger partial charge < -0.3 is 14.4 Å². The standard InChI is InChI=1S/C29H26NO.C15H18NSi.Ir/c1-17(2)21-11-12-30-26(15-21)25-8-6-7-24-23-10-9-22(16-27(23)31-29(24)25)28-19(4)13-18(3)14-20(28)5;1-12-6-5-7-13(10-12)15-9-8-14(11-16-15)17(2,3)4;/h6-7,9-17H,1-5H3;5-6,8-11H,1-4H3;/q2*-1;. The van der Waals surface area contributed by atoms with E-state index in [0.717, 1.165) is 44.5 Å². The second-order valence-corrected chi connectivity index (χ2v) is 19.4. The number of aromatic nitrogens is 2. The van der Waals surface area contributed by atoms with E-state index in [9.17, 15) is 0 Å². The average molecular weight is 837 g/mol. The van der Waals surface area contributed by atoms with E-state index in [0.29, 0.717) is 5.92 Å². The van der Waals surface area contributed by atoms with Gasteiger partial charge in [0.05, 0.1) is 13.7 Å². The predicted octanol–water partition coefficient (Wildman–Crippen LogP) is 11.6. The van der Waals surface area contributed by atoms with Crippen LogP contribution in [-0.4, -0.2) is 18.0 Å². The minimum absolute atomic E-state index is 0. The zero-order valence-electron chi connectivity index (χ0n) is 30.0. The van der Waals surface area contributed by atoms with Crippen LogP contribution in [0.4, 0.5) is 0 Å². The van der Waals surface area contributed by atoms with Gasteiger partial charge in [-0.1, -0.05) is 105 Å². The minimum atomic E-state index is -1.24. The van der Waals surface area contributed by atoms with Crippen molar-refractivity contribution in [1.82, 2.24) is 9.97 Å². The summed E-state index contributed by atoms with van der Waals surface area (Å²) in [4.78, 5) is 9.18. The van der Waals surface area contributed by atoms with Gasteiger partial charge in [0.15, 0.2) is 0 Å². The van der Waals surface area contributed by atoms with Crippen molar-refractivity contribution in [2.24, 2.45) is 0 Å². The van der Waals surface area contributed by atoms with Gasteiger partial charge in [-0.3, -0.25) is 0 Å². The van der Waals surface area contributed by atoms with Crippen LogP contribution in [0.3, 0.4) is 0 Å². The maximum Gasteiger partial charge on any atom is 0.121 e. The van der Waals surface area contributed by atoms with E-state index >= 15 is 0 Å². The van der Waals surface area contributed by atoms with Crippen LogP contribution in [0, 0.1) is 39.8 Å². The smallest absolute Gasteiger partial charge is 0.121 e. The first kappa shape index (κ1) is 36.1. The molecule has 3 aromatic heterocycles. The number of rotatable bonds is 5.